The van der Waals surface area contributed by atoms with Gasteiger partial charge in [-0.25, -0.2) is 0 Å². The van der Waals surface area contributed by atoms with Gasteiger partial charge in [0.1, 0.15) is 0 Å². The Balaban J connectivity index is 1.93. The van der Waals surface area contributed by atoms with Crippen molar-refractivity contribution >= 4 is 16.6 Å². The summed E-state index contributed by atoms with van der Waals surface area (Å²) >= 11 is 0. The molecule has 2 aromatic rings. The Hall–Kier alpha value is -1.61. The summed E-state index contributed by atoms with van der Waals surface area (Å²) in [6.07, 6.45) is 3.18. The van der Waals surface area contributed by atoms with Crippen LogP contribution >= 0.6 is 0 Å². The molecule has 3 rings (SSSR count). The van der Waals surface area contributed by atoms with Crippen LogP contribution in [0.25, 0.3) is 10.9 Å². The summed E-state index contributed by atoms with van der Waals surface area (Å²) in [6.45, 7) is 6.63. The van der Waals surface area contributed by atoms with E-state index in [4.69, 9.17) is 0 Å². The zero-order valence-corrected chi connectivity index (χ0v) is 11.6. The number of hydrogen-bond donors (Lipinski definition) is 1. The molecule has 0 saturated carbocycles. The van der Waals surface area contributed by atoms with E-state index in [-0.39, 0.29) is 0 Å². The third-order valence-corrected chi connectivity index (χ3v) is 4.05. The first-order valence-corrected chi connectivity index (χ1v) is 7.12. The minimum absolute atomic E-state index is 0.519. The summed E-state index contributed by atoms with van der Waals surface area (Å²) in [7, 11) is 0. The molecule has 0 aliphatic carbocycles. The molecule has 1 aliphatic rings. The van der Waals surface area contributed by atoms with Gasteiger partial charge in [-0.3, -0.25) is 4.98 Å². The summed E-state index contributed by atoms with van der Waals surface area (Å²) in [5, 5.41) is 4.81. The Morgan fingerprint density at radius 2 is 2.21 bits per heavy atom. The second-order valence-electron chi connectivity index (χ2n) is 5.40. The van der Waals surface area contributed by atoms with Gasteiger partial charge >= 0.3 is 0 Å². The zero-order chi connectivity index (χ0) is 13.2. The van der Waals surface area contributed by atoms with Crippen LogP contribution in [-0.2, 0) is 0 Å². The topological polar surface area (TPSA) is 28.2 Å². The first-order chi connectivity index (χ1) is 9.28. The van der Waals surface area contributed by atoms with Crippen LogP contribution in [0.15, 0.2) is 36.5 Å². The van der Waals surface area contributed by atoms with Gasteiger partial charge in [0.2, 0.25) is 0 Å². The van der Waals surface area contributed by atoms with Gasteiger partial charge in [0.15, 0.2) is 0 Å². The Kier molecular flexibility index (Phi) is 3.38. The first-order valence-electron chi connectivity index (χ1n) is 7.12. The number of nitrogens with one attached hydrogen (secondary N) is 1. The third-order valence-electron chi connectivity index (χ3n) is 4.05. The maximum Gasteiger partial charge on any atom is 0.0703 e. The number of nitrogens with zero attached hydrogens (tertiary/aromatic N) is 2. The minimum Gasteiger partial charge on any atom is -0.365 e. The second kappa shape index (κ2) is 5.17. The minimum atomic E-state index is 0.519. The average Bonchev–Trinajstić information content (AvgIpc) is 2.47. The SMILES string of the molecule is CCC1CN(c2cnc3ccccc3c2)C(C)CN1. The highest BCUT2D eigenvalue weighted by Crippen LogP contribution is 2.23. The maximum absolute atomic E-state index is 4.58. The Morgan fingerprint density at radius 3 is 3.05 bits per heavy atom. The van der Waals surface area contributed by atoms with Crippen molar-refractivity contribution in [2.75, 3.05) is 18.0 Å². The van der Waals surface area contributed by atoms with E-state index in [0.717, 1.165) is 18.6 Å². The summed E-state index contributed by atoms with van der Waals surface area (Å²) < 4.78 is 0. The number of aromatic nitrogens is 1. The van der Waals surface area contributed by atoms with Gasteiger partial charge < -0.3 is 10.2 Å². The highest BCUT2D eigenvalue weighted by molar-refractivity contribution is 5.81. The first kappa shape index (κ1) is 12.4. The molecule has 0 radical (unpaired) electrons. The van der Waals surface area contributed by atoms with Gasteiger partial charge in [0.25, 0.3) is 0 Å². The van der Waals surface area contributed by atoms with Crippen LogP contribution in [0.1, 0.15) is 20.3 Å². The molecule has 1 aromatic carbocycles. The van der Waals surface area contributed by atoms with Crippen molar-refractivity contribution in [2.24, 2.45) is 0 Å². The summed E-state index contributed by atoms with van der Waals surface area (Å²) in [6, 6.07) is 11.7. The fourth-order valence-electron chi connectivity index (χ4n) is 2.78. The van der Waals surface area contributed by atoms with E-state index in [1.807, 2.05) is 12.3 Å². The molecule has 1 saturated heterocycles. The predicted octanol–water partition coefficient (Wildman–Crippen LogP) is 2.81. The molecule has 1 fully saturated rings. The molecule has 1 N–H and O–H groups in total. The summed E-state index contributed by atoms with van der Waals surface area (Å²) in [5.74, 6) is 0. The van der Waals surface area contributed by atoms with E-state index in [1.165, 1.54) is 17.5 Å². The van der Waals surface area contributed by atoms with Crippen LogP contribution in [0.4, 0.5) is 5.69 Å². The van der Waals surface area contributed by atoms with E-state index in [1.54, 1.807) is 0 Å². The normalized spacial score (nSPS) is 23.8. The predicted molar refractivity (Wildman–Crippen MR) is 80.6 cm³/mol. The Morgan fingerprint density at radius 1 is 1.37 bits per heavy atom. The summed E-state index contributed by atoms with van der Waals surface area (Å²) in [4.78, 5) is 7.06. The molecule has 1 aliphatic heterocycles. The number of rotatable bonds is 2. The fraction of sp³-hybridized carbons (Fsp3) is 0.438. The van der Waals surface area contributed by atoms with E-state index in [2.05, 4.69) is 53.3 Å². The smallest absolute Gasteiger partial charge is 0.0703 e. The van der Waals surface area contributed by atoms with Crippen LogP contribution in [0.5, 0.6) is 0 Å². The molecule has 2 unspecified atom stereocenters. The highest BCUT2D eigenvalue weighted by atomic mass is 15.2. The monoisotopic (exact) mass is 255 g/mol. The van der Waals surface area contributed by atoms with Crippen LogP contribution in [0, 0.1) is 0 Å². The van der Waals surface area contributed by atoms with Gasteiger partial charge in [-0.15, -0.1) is 0 Å². The zero-order valence-electron chi connectivity index (χ0n) is 11.6. The van der Waals surface area contributed by atoms with Crippen molar-refractivity contribution in [1.82, 2.24) is 10.3 Å². The van der Waals surface area contributed by atoms with Gasteiger partial charge in [0, 0.05) is 30.6 Å². The molecule has 1 aromatic heterocycles. The second-order valence-corrected chi connectivity index (χ2v) is 5.40. The molecule has 19 heavy (non-hydrogen) atoms. The fourth-order valence-corrected chi connectivity index (χ4v) is 2.78. The van der Waals surface area contributed by atoms with Gasteiger partial charge in [-0.05, 0) is 25.5 Å². The van der Waals surface area contributed by atoms with Crippen LogP contribution in [-0.4, -0.2) is 30.2 Å². The van der Waals surface area contributed by atoms with Gasteiger partial charge in [-0.1, -0.05) is 25.1 Å². The molecular weight excluding hydrogens is 234 g/mol. The molecular formula is C16H21N3. The van der Waals surface area contributed by atoms with E-state index >= 15 is 0 Å². The van der Waals surface area contributed by atoms with E-state index in [9.17, 15) is 0 Å². The lowest BCUT2D eigenvalue weighted by Gasteiger charge is -2.40. The lowest BCUT2D eigenvalue weighted by molar-refractivity contribution is 0.397. The summed E-state index contributed by atoms with van der Waals surface area (Å²) in [5.41, 5.74) is 2.31. The Labute approximate surface area is 114 Å². The molecule has 0 bridgehead atoms. The molecule has 100 valence electrons. The van der Waals surface area contributed by atoms with Crippen LogP contribution in [0.2, 0.25) is 0 Å². The molecule has 0 amide bonds. The lowest BCUT2D eigenvalue weighted by atomic mass is 10.1. The number of benzene rings is 1. The molecule has 3 heteroatoms. The number of hydrogen-bond acceptors (Lipinski definition) is 3. The van der Waals surface area contributed by atoms with Crippen molar-refractivity contribution in [2.45, 2.75) is 32.4 Å². The quantitative estimate of drug-likeness (QED) is 0.894. The lowest BCUT2D eigenvalue weighted by Crippen LogP contribution is -2.55. The maximum atomic E-state index is 4.58. The number of piperazine rings is 1. The average molecular weight is 255 g/mol. The third kappa shape index (κ3) is 2.43. The number of anilines is 1. The molecule has 2 heterocycles. The van der Waals surface area contributed by atoms with Crippen molar-refractivity contribution < 1.29 is 0 Å². The highest BCUT2D eigenvalue weighted by Gasteiger charge is 2.24. The Bertz CT molecular complexity index is 567. The molecule has 2 atom stereocenters. The molecule has 3 nitrogen and oxygen atoms in total. The number of fused-ring (bicyclic) bond motifs is 1. The van der Waals surface area contributed by atoms with Crippen molar-refractivity contribution in [3.8, 4) is 0 Å². The van der Waals surface area contributed by atoms with E-state index in [0.29, 0.717) is 12.1 Å². The van der Waals surface area contributed by atoms with E-state index < -0.39 is 0 Å². The van der Waals surface area contributed by atoms with Crippen LogP contribution < -0.4 is 10.2 Å². The number of para-hydroxylation sites is 1. The van der Waals surface area contributed by atoms with Gasteiger partial charge in [-0.2, -0.15) is 0 Å². The molecule has 0 spiro atoms. The van der Waals surface area contributed by atoms with Crippen molar-refractivity contribution in [3.63, 3.8) is 0 Å². The largest absolute Gasteiger partial charge is 0.365 e. The number of pyridine rings is 1. The van der Waals surface area contributed by atoms with Crippen molar-refractivity contribution in [3.05, 3.63) is 36.5 Å². The standard InChI is InChI=1S/C16H21N3/c1-3-14-11-19(12(2)9-17-14)15-8-13-6-4-5-7-16(13)18-10-15/h4-8,10,12,14,17H,3,9,11H2,1-2H3. The van der Waals surface area contributed by atoms with Crippen molar-refractivity contribution in [1.29, 1.82) is 0 Å². The van der Waals surface area contributed by atoms with Crippen LogP contribution in [0.3, 0.4) is 0 Å². The van der Waals surface area contributed by atoms with Gasteiger partial charge in [0.05, 0.1) is 17.4 Å².